The first-order chi connectivity index (χ1) is 40.6. The molecule has 0 bridgehead atoms. The topological polar surface area (TPSA) is 399 Å². The molecule has 26 nitrogen and oxygen atoms in total. The Balaban J connectivity index is 0.830. The van der Waals surface area contributed by atoms with Crippen LogP contribution in [0.2, 0.25) is 0 Å². The molecule has 5 saturated heterocycles. The molecule has 0 aromatic rings. The lowest BCUT2D eigenvalue weighted by Crippen LogP contribution is -2.66. The number of esters is 2. The van der Waals surface area contributed by atoms with E-state index in [0.29, 0.717) is 38.5 Å². The third-order valence-electron chi connectivity index (χ3n) is 23.3. The van der Waals surface area contributed by atoms with E-state index in [4.69, 9.17) is 52.1 Å². The molecule has 0 unspecified atom stereocenters. The van der Waals surface area contributed by atoms with Gasteiger partial charge in [0.15, 0.2) is 25.2 Å². The number of allylic oxidation sites excluding steroid dienone is 2. The van der Waals surface area contributed by atoms with Crippen molar-refractivity contribution in [2.45, 2.75) is 287 Å². The van der Waals surface area contributed by atoms with Gasteiger partial charge < -0.3 is 118 Å². The third kappa shape index (κ3) is 11.8. The summed E-state index contributed by atoms with van der Waals surface area (Å²) in [4.78, 5) is 27.2. The quantitative estimate of drug-likeness (QED) is 0.0601. The molecule has 9 fully saturated rings. The van der Waals surface area contributed by atoms with Crippen molar-refractivity contribution < 1.29 is 128 Å². The first kappa shape index (κ1) is 67.7. The summed E-state index contributed by atoms with van der Waals surface area (Å²) in [7, 11) is 0. The first-order valence-corrected chi connectivity index (χ1v) is 31.3. The Morgan fingerprint density at radius 1 is 0.552 bits per heavy atom. The van der Waals surface area contributed by atoms with Crippen LogP contribution in [-0.2, 0) is 61.7 Å². The maximum absolute atomic E-state index is 15.3. The Kier molecular flexibility index (Phi) is 19.4. The van der Waals surface area contributed by atoms with Gasteiger partial charge in [-0.05, 0) is 123 Å². The number of hydrogen-bond acceptors (Lipinski definition) is 26. The number of aliphatic hydroxyl groups is 13. The highest BCUT2D eigenvalue weighted by Gasteiger charge is 2.70. The van der Waals surface area contributed by atoms with Crippen molar-refractivity contribution in [1.82, 2.24) is 0 Å². The lowest BCUT2D eigenvalue weighted by molar-refractivity contribution is -0.364. The molecule has 0 aromatic heterocycles. The van der Waals surface area contributed by atoms with E-state index >= 15 is 4.79 Å². The summed E-state index contributed by atoms with van der Waals surface area (Å²) in [6, 6.07) is 0. The molecule has 10 rings (SSSR count). The molecule has 498 valence electrons. The fourth-order valence-electron chi connectivity index (χ4n) is 17.7. The van der Waals surface area contributed by atoms with Crippen LogP contribution in [0.5, 0.6) is 0 Å². The van der Waals surface area contributed by atoms with Gasteiger partial charge in [0.05, 0.1) is 36.9 Å². The van der Waals surface area contributed by atoms with Crippen LogP contribution in [0.1, 0.15) is 133 Å². The van der Waals surface area contributed by atoms with E-state index in [1.54, 1.807) is 0 Å². The molecule has 0 aromatic carbocycles. The summed E-state index contributed by atoms with van der Waals surface area (Å²) in [6.45, 7) is 18.6. The maximum atomic E-state index is 15.3. The molecular formula is C61H98O26. The van der Waals surface area contributed by atoms with Crippen molar-refractivity contribution in [2.75, 3.05) is 19.8 Å². The van der Waals surface area contributed by atoms with Crippen molar-refractivity contribution in [3.8, 4) is 0 Å². The van der Waals surface area contributed by atoms with Crippen LogP contribution in [0.3, 0.4) is 0 Å². The van der Waals surface area contributed by atoms with Crippen molar-refractivity contribution >= 4 is 11.9 Å². The van der Waals surface area contributed by atoms with Crippen molar-refractivity contribution in [2.24, 2.45) is 50.2 Å². The standard InChI is InChI=1S/C61H98O26/c1-25-36(64)40(68)44(72)51(80-25)85-48-32(24-77-27(3)62)83-50(47(75)43(48)71)79-23-31-39(67)42(70)46(74)53(82-31)87-55(76)61-19-17-56(4,5)21-29(61)28-11-12-34-58(8)15-14-35(57(6,7)33(58)13-16-60(34,10)59(28,9)18-20-61)84-54-49(38(66)30(63)22-78-54)86-52-45(73)41(69)37(65)26(2)81-52/h11,25-26,29-54,63-75H,12-24H2,1-10H3/t25-,26-,29-,30-,31+,32+,33-,34+,35-,36-,37-,38-,39+,40+,41+,42-,43+,44+,45+,46+,47+,48+,49+,50+,51-,52-,53-,54+,58-,59+,60+,61-/m0/s1. The average molecular weight is 1250 g/mol. The van der Waals surface area contributed by atoms with Gasteiger partial charge in [0, 0.05) is 6.92 Å². The van der Waals surface area contributed by atoms with Crippen molar-refractivity contribution in [3.05, 3.63) is 11.6 Å². The predicted octanol–water partition coefficient (Wildman–Crippen LogP) is -0.946. The third-order valence-corrected chi connectivity index (χ3v) is 23.3. The molecule has 87 heavy (non-hydrogen) atoms. The van der Waals surface area contributed by atoms with E-state index in [1.165, 1.54) is 19.4 Å². The van der Waals surface area contributed by atoms with Crippen LogP contribution < -0.4 is 0 Å². The highest BCUT2D eigenvalue weighted by atomic mass is 16.8. The van der Waals surface area contributed by atoms with E-state index < -0.39 is 183 Å². The SMILES string of the molecule is CC(=O)OC[C@H]1O[C@@H](OC[C@H]2O[C@@H](OC(=O)[C@]34CCC(C)(C)C[C@H]3C3=CC[C@@H]5[C@@]6(C)CC[C@H](O[C@H]7OC[C@H](O)[C@H](O)[C@H]7O[C@@H]7O[C@@H](C)[C@H](O)[C@@H](O)[C@H]7O)C(C)(C)[C@@H]6CC[C@@]5(C)[C@]3(C)CC4)[C@H](O)[C@@H](O)[C@@H]2O)[C@H](O)[C@@H](O)[C@@H]1O[C@@H]1O[C@@H](C)[C@H](O)[C@@H](O)[C@H]1O. The molecule has 26 heteroatoms. The van der Waals surface area contributed by atoms with Gasteiger partial charge in [0.25, 0.3) is 0 Å². The summed E-state index contributed by atoms with van der Waals surface area (Å²) in [6.07, 6.45) is -28.4. The Hall–Kier alpha value is -2.20. The largest absolute Gasteiger partial charge is 0.463 e. The number of aliphatic hydroxyl groups excluding tert-OH is 13. The Morgan fingerprint density at radius 3 is 1.76 bits per heavy atom. The van der Waals surface area contributed by atoms with Crippen LogP contribution in [0.4, 0.5) is 0 Å². The summed E-state index contributed by atoms with van der Waals surface area (Å²) in [5, 5.41) is 142. The molecule has 32 atom stereocenters. The summed E-state index contributed by atoms with van der Waals surface area (Å²) in [5.74, 6) is -1.23. The average Bonchev–Trinajstić information content (AvgIpc) is 0.682. The van der Waals surface area contributed by atoms with Gasteiger partial charge in [-0.15, -0.1) is 0 Å². The van der Waals surface area contributed by atoms with Gasteiger partial charge in [0.1, 0.15) is 110 Å². The predicted molar refractivity (Wildman–Crippen MR) is 296 cm³/mol. The zero-order chi connectivity index (χ0) is 63.6. The summed E-state index contributed by atoms with van der Waals surface area (Å²) >= 11 is 0. The molecule has 4 saturated carbocycles. The highest BCUT2D eigenvalue weighted by molar-refractivity contribution is 5.79. The van der Waals surface area contributed by atoms with Gasteiger partial charge in [-0.1, -0.05) is 60.1 Å². The van der Waals surface area contributed by atoms with Crippen molar-refractivity contribution in [1.29, 1.82) is 0 Å². The monoisotopic (exact) mass is 1250 g/mol. The van der Waals surface area contributed by atoms with Crippen LogP contribution in [0, 0.1) is 50.2 Å². The van der Waals surface area contributed by atoms with E-state index in [9.17, 15) is 71.2 Å². The molecule has 10 aliphatic rings. The highest BCUT2D eigenvalue weighted by Crippen LogP contribution is 2.76. The second-order valence-corrected chi connectivity index (χ2v) is 29.3. The number of fused-ring (bicyclic) bond motifs is 7. The lowest BCUT2D eigenvalue weighted by Gasteiger charge is -2.71. The first-order valence-electron chi connectivity index (χ1n) is 31.3. The Labute approximate surface area is 507 Å². The zero-order valence-electron chi connectivity index (χ0n) is 51.6. The van der Waals surface area contributed by atoms with Crippen LogP contribution >= 0.6 is 0 Å². The van der Waals surface area contributed by atoms with Crippen LogP contribution in [-0.4, -0.2) is 252 Å². The minimum atomic E-state index is -1.91. The molecule has 0 radical (unpaired) electrons. The number of hydrogen-bond donors (Lipinski definition) is 13. The Bertz CT molecular complexity index is 2470. The molecule has 13 N–H and O–H groups in total. The molecular weight excluding hydrogens is 1150 g/mol. The molecule has 5 aliphatic heterocycles. The van der Waals surface area contributed by atoms with Gasteiger partial charge >= 0.3 is 11.9 Å². The number of rotatable bonds is 13. The van der Waals surface area contributed by atoms with Gasteiger partial charge in [-0.2, -0.15) is 0 Å². The van der Waals surface area contributed by atoms with Crippen molar-refractivity contribution in [3.63, 3.8) is 0 Å². The molecule has 0 spiro atoms. The van der Waals surface area contributed by atoms with Crippen LogP contribution in [0.25, 0.3) is 0 Å². The maximum Gasteiger partial charge on any atom is 0.315 e. The van der Waals surface area contributed by atoms with Gasteiger partial charge in [0.2, 0.25) is 6.29 Å². The second-order valence-electron chi connectivity index (χ2n) is 29.3. The number of ether oxygens (including phenoxy) is 11. The lowest BCUT2D eigenvalue weighted by atomic mass is 9.33. The Morgan fingerprint density at radius 2 is 1.13 bits per heavy atom. The number of carbonyl (C=O) groups excluding carboxylic acids is 2. The van der Waals surface area contributed by atoms with E-state index in [1.807, 2.05) is 0 Å². The molecule has 5 heterocycles. The fraction of sp³-hybridized carbons (Fsp3) is 0.934. The van der Waals surface area contributed by atoms with Gasteiger partial charge in [-0.3, -0.25) is 9.59 Å². The second kappa shape index (κ2) is 24.9. The minimum absolute atomic E-state index is 0.162. The van der Waals surface area contributed by atoms with Gasteiger partial charge in [-0.25, -0.2) is 0 Å². The minimum Gasteiger partial charge on any atom is -0.463 e. The summed E-state index contributed by atoms with van der Waals surface area (Å²) < 4.78 is 65.3. The normalized spacial score (nSPS) is 53.1. The smallest absolute Gasteiger partial charge is 0.315 e. The van der Waals surface area contributed by atoms with E-state index in [0.717, 1.165) is 32.6 Å². The molecule has 5 aliphatic carbocycles. The fourth-order valence-corrected chi connectivity index (χ4v) is 17.7. The van der Waals surface area contributed by atoms with Crippen LogP contribution in [0.15, 0.2) is 11.6 Å². The molecule has 0 amide bonds. The number of carbonyl (C=O) groups is 2. The summed E-state index contributed by atoms with van der Waals surface area (Å²) in [5.41, 5.74) is -1.19. The van der Waals surface area contributed by atoms with E-state index in [2.05, 4.69) is 54.5 Å². The zero-order valence-corrected chi connectivity index (χ0v) is 51.6. The van der Waals surface area contributed by atoms with E-state index in [-0.39, 0.29) is 52.1 Å².